The Bertz CT molecular complexity index is 597. The molecule has 0 atom stereocenters. The molecule has 20 heavy (non-hydrogen) atoms. The van der Waals surface area contributed by atoms with E-state index in [4.69, 9.17) is 5.84 Å². The lowest BCUT2D eigenvalue weighted by atomic mass is 10.1. The number of pyridine rings is 1. The maximum Gasteiger partial charge on any atom is 0.261 e. The number of anilines is 2. The summed E-state index contributed by atoms with van der Waals surface area (Å²) in [5, 5.41) is 12.1. The highest BCUT2D eigenvalue weighted by molar-refractivity contribution is 7.15. The summed E-state index contributed by atoms with van der Waals surface area (Å²) in [7, 11) is 0. The van der Waals surface area contributed by atoms with E-state index in [1.165, 1.54) is 17.5 Å². The average Bonchev–Trinajstić information content (AvgIpc) is 2.85. The second-order valence-electron chi connectivity index (χ2n) is 4.62. The highest BCUT2D eigenvalue weighted by Gasteiger charge is 2.14. The number of hydrogen-bond donors (Lipinski definition) is 3. The summed E-state index contributed by atoms with van der Waals surface area (Å²) in [4.78, 5) is 16.0. The maximum atomic E-state index is 12.1. The molecular weight excluding hydrogens is 276 g/mol. The van der Waals surface area contributed by atoms with E-state index < -0.39 is 0 Å². The Morgan fingerprint density at radius 1 is 1.45 bits per heavy atom. The van der Waals surface area contributed by atoms with Gasteiger partial charge in [0.2, 0.25) is 5.13 Å². The van der Waals surface area contributed by atoms with Gasteiger partial charge in [0.05, 0.1) is 11.3 Å². The van der Waals surface area contributed by atoms with E-state index in [-0.39, 0.29) is 5.91 Å². The summed E-state index contributed by atoms with van der Waals surface area (Å²) in [6, 6.07) is 1.62. The number of carbonyl (C=O) groups is 1. The number of rotatable bonds is 5. The van der Waals surface area contributed by atoms with Crippen LogP contribution in [-0.2, 0) is 6.42 Å². The van der Waals surface area contributed by atoms with E-state index >= 15 is 0 Å². The molecule has 0 unspecified atom stereocenters. The molecule has 0 saturated heterocycles. The molecule has 0 radical (unpaired) electrons. The molecule has 7 nitrogen and oxygen atoms in total. The molecule has 2 heterocycles. The van der Waals surface area contributed by atoms with Gasteiger partial charge in [-0.1, -0.05) is 25.2 Å². The van der Waals surface area contributed by atoms with Crippen molar-refractivity contribution in [3.05, 3.63) is 29.0 Å². The molecule has 0 aliphatic heterocycles. The summed E-state index contributed by atoms with van der Waals surface area (Å²) in [6.45, 7) is 4.21. The molecule has 1 amide bonds. The van der Waals surface area contributed by atoms with Gasteiger partial charge in [0.25, 0.3) is 5.91 Å². The highest BCUT2D eigenvalue weighted by atomic mass is 32.1. The molecule has 106 valence electrons. The van der Waals surface area contributed by atoms with Crippen LogP contribution in [0.1, 0.15) is 29.2 Å². The average molecular weight is 292 g/mol. The van der Waals surface area contributed by atoms with Gasteiger partial charge in [-0.15, -0.1) is 10.2 Å². The fourth-order valence-corrected chi connectivity index (χ4v) is 2.55. The van der Waals surface area contributed by atoms with Gasteiger partial charge in [0.1, 0.15) is 5.01 Å². The Balaban J connectivity index is 2.09. The van der Waals surface area contributed by atoms with Crippen molar-refractivity contribution >= 4 is 28.1 Å². The molecule has 0 aliphatic rings. The maximum absolute atomic E-state index is 12.1. The van der Waals surface area contributed by atoms with E-state index in [0.29, 0.717) is 22.3 Å². The smallest absolute Gasteiger partial charge is 0.261 e. The molecule has 0 fully saturated rings. The van der Waals surface area contributed by atoms with Crippen LogP contribution < -0.4 is 16.6 Å². The van der Waals surface area contributed by atoms with Crippen LogP contribution in [0.4, 0.5) is 10.8 Å². The molecular formula is C12H16N6OS. The molecule has 2 aromatic rings. The SMILES string of the molecule is CC(C)Cc1nnc(NC(=O)c2cnccc2NN)s1. The van der Waals surface area contributed by atoms with E-state index in [2.05, 4.69) is 39.8 Å². The zero-order valence-corrected chi connectivity index (χ0v) is 12.1. The van der Waals surface area contributed by atoms with E-state index in [1.807, 2.05) is 0 Å². The molecule has 0 saturated carbocycles. The molecule has 2 aromatic heterocycles. The van der Waals surface area contributed by atoms with Crippen molar-refractivity contribution in [2.24, 2.45) is 11.8 Å². The van der Waals surface area contributed by atoms with Crippen LogP contribution in [0.15, 0.2) is 18.5 Å². The molecule has 0 aromatic carbocycles. The largest absolute Gasteiger partial charge is 0.323 e. The number of carbonyl (C=O) groups excluding carboxylic acids is 1. The van der Waals surface area contributed by atoms with Gasteiger partial charge in [-0.25, -0.2) is 0 Å². The quantitative estimate of drug-likeness (QED) is 0.572. The van der Waals surface area contributed by atoms with Crippen molar-refractivity contribution in [1.82, 2.24) is 15.2 Å². The second kappa shape index (κ2) is 6.40. The van der Waals surface area contributed by atoms with Crippen molar-refractivity contribution < 1.29 is 4.79 Å². The summed E-state index contributed by atoms with van der Waals surface area (Å²) in [5.74, 6) is 5.53. The fraction of sp³-hybridized carbons (Fsp3) is 0.333. The summed E-state index contributed by atoms with van der Waals surface area (Å²) >= 11 is 1.37. The third-order valence-electron chi connectivity index (χ3n) is 2.49. The lowest BCUT2D eigenvalue weighted by molar-refractivity contribution is 0.102. The summed E-state index contributed by atoms with van der Waals surface area (Å²) < 4.78 is 0. The zero-order valence-electron chi connectivity index (χ0n) is 11.3. The van der Waals surface area contributed by atoms with Gasteiger partial charge in [0.15, 0.2) is 0 Å². The van der Waals surface area contributed by atoms with Crippen LogP contribution in [0.2, 0.25) is 0 Å². The normalized spacial score (nSPS) is 10.6. The molecule has 0 aliphatic carbocycles. The minimum Gasteiger partial charge on any atom is -0.323 e. The number of hydrazine groups is 1. The third-order valence-corrected chi connectivity index (χ3v) is 3.35. The van der Waals surface area contributed by atoms with Gasteiger partial charge >= 0.3 is 0 Å². The van der Waals surface area contributed by atoms with Crippen LogP contribution in [0.3, 0.4) is 0 Å². The lowest BCUT2D eigenvalue weighted by Gasteiger charge is -2.06. The standard InChI is InChI=1S/C12H16N6OS/c1-7(2)5-10-17-18-12(20-10)15-11(19)8-6-14-4-3-9(8)16-13/h3-4,6-7H,5,13H2,1-2H3,(H,14,16)(H,15,18,19). The van der Waals surface area contributed by atoms with Crippen LogP contribution in [0.25, 0.3) is 0 Å². The number of nitrogens with zero attached hydrogens (tertiary/aromatic N) is 3. The molecule has 0 bridgehead atoms. The summed E-state index contributed by atoms with van der Waals surface area (Å²) in [6.07, 6.45) is 3.84. The van der Waals surface area contributed by atoms with Crippen molar-refractivity contribution in [3.63, 3.8) is 0 Å². The second-order valence-corrected chi connectivity index (χ2v) is 5.68. The van der Waals surface area contributed by atoms with Crippen molar-refractivity contribution in [2.75, 3.05) is 10.7 Å². The zero-order chi connectivity index (χ0) is 14.5. The topological polar surface area (TPSA) is 106 Å². The predicted molar refractivity (Wildman–Crippen MR) is 78.5 cm³/mol. The number of aromatic nitrogens is 3. The van der Waals surface area contributed by atoms with Gasteiger partial charge in [0, 0.05) is 18.8 Å². The Labute approximate surface area is 120 Å². The van der Waals surface area contributed by atoms with E-state index in [1.54, 1.807) is 12.3 Å². The van der Waals surface area contributed by atoms with Gasteiger partial charge in [-0.3, -0.25) is 20.9 Å². The van der Waals surface area contributed by atoms with Crippen molar-refractivity contribution in [3.8, 4) is 0 Å². The first kappa shape index (κ1) is 14.4. The van der Waals surface area contributed by atoms with Crippen molar-refractivity contribution in [2.45, 2.75) is 20.3 Å². The Morgan fingerprint density at radius 3 is 2.95 bits per heavy atom. The van der Waals surface area contributed by atoms with Gasteiger partial charge in [-0.2, -0.15) is 0 Å². The fourth-order valence-electron chi connectivity index (χ4n) is 1.60. The number of hydrogen-bond acceptors (Lipinski definition) is 7. The molecule has 2 rings (SSSR count). The predicted octanol–water partition coefficient (Wildman–Crippen LogP) is 1.67. The Hall–Kier alpha value is -2.06. The first-order chi connectivity index (χ1) is 9.60. The summed E-state index contributed by atoms with van der Waals surface area (Å²) in [5.41, 5.74) is 3.32. The van der Waals surface area contributed by atoms with Crippen LogP contribution in [-0.4, -0.2) is 21.1 Å². The number of nitrogens with two attached hydrogens (primary N) is 1. The van der Waals surface area contributed by atoms with E-state index in [9.17, 15) is 4.79 Å². The molecule has 0 spiro atoms. The molecule has 4 N–H and O–H groups in total. The van der Waals surface area contributed by atoms with Crippen LogP contribution >= 0.6 is 11.3 Å². The molecule has 8 heteroatoms. The minimum atomic E-state index is -0.321. The number of amides is 1. The number of nitrogens with one attached hydrogen (secondary N) is 2. The monoisotopic (exact) mass is 292 g/mol. The minimum absolute atomic E-state index is 0.321. The Kier molecular flexibility index (Phi) is 4.59. The first-order valence-electron chi connectivity index (χ1n) is 6.14. The van der Waals surface area contributed by atoms with Gasteiger partial charge in [-0.05, 0) is 12.0 Å². The van der Waals surface area contributed by atoms with Gasteiger partial charge < -0.3 is 5.43 Å². The Morgan fingerprint density at radius 2 is 2.25 bits per heavy atom. The first-order valence-corrected chi connectivity index (χ1v) is 6.96. The number of nitrogen functional groups attached to an aromatic ring is 1. The third kappa shape index (κ3) is 3.49. The van der Waals surface area contributed by atoms with Crippen LogP contribution in [0.5, 0.6) is 0 Å². The lowest BCUT2D eigenvalue weighted by Crippen LogP contribution is -2.17. The van der Waals surface area contributed by atoms with Crippen LogP contribution in [0, 0.1) is 5.92 Å². The van der Waals surface area contributed by atoms with E-state index in [0.717, 1.165) is 11.4 Å². The highest BCUT2D eigenvalue weighted by Crippen LogP contribution is 2.20. The van der Waals surface area contributed by atoms with Crippen molar-refractivity contribution in [1.29, 1.82) is 0 Å².